The molecule has 25 heavy (non-hydrogen) atoms. The minimum atomic E-state index is 0. The van der Waals surface area contributed by atoms with Crippen molar-refractivity contribution in [2.75, 3.05) is 40.4 Å². The van der Waals surface area contributed by atoms with Crippen molar-refractivity contribution in [3.8, 4) is 11.5 Å². The number of hydrogen-bond acceptors (Lipinski definition) is 4. The van der Waals surface area contributed by atoms with Gasteiger partial charge in [0.15, 0.2) is 11.5 Å². The third-order valence-corrected chi connectivity index (χ3v) is 4.73. The molecule has 0 bridgehead atoms. The molecule has 1 aliphatic heterocycles. The van der Waals surface area contributed by atoms with E-state index >= 15 is 0 Å². The molecule has 0 aliphatic carbocycles. The number of likely N-dealkylation sites (tertiary alicyclic amines) is 1. The quantitative estimate of drug-likeness (QED) is 0.764. The second-order valence-corrected chi connectivity index (χ2v) is 6.32. The van der Waals surface area contributed by atoms with E-state index in [4.69, 9.17) is 9.47 Å². The van der Waals surface area contributed by atoms with Crippen LogP contribution < -0.4 is 14.8 Å². The fraction of sp³-hybridized carbons (Fsp3) is 0.632. The van der Waals surface area contributed by atoms with Crippen molar-refractivity contribution >= 4 is 18.3 Å². The number of rotatable bonds is 8. The summed E-state index contributed by atoms with van der Waals surface area (Å²) in [4.78, 5) is 14.4. The Bertz CT molecular complexity index is 531. The first-order valence-electron chi connectivity index (χ1n) is 8.87. The summed E-state index contributed by atoms with van der Waals surface area (Å²) in [5.74, 6) is 2.40. The first-order chi connectivity index (χ1) is 11.7. The Hall–Kier alpha value is -1.46. The van der Waals surface area contributed by atoms with Crippen LogP contribution in [0.1, 0.15) is 31.7 Å². The Kier molecular flexibility index (Phi) is 9.68. The fourth-order valence-electron chi connectivity index (χ4n) is 3.18. The number of carbonyl (C=O) groups excluding carboxylic acids is 1. The summed E-state index contributed by atoms with van der Waals surface area (Å²) in [5.41, 5.74) is 1.10. The van der Waals surface area contributed by atoms with E-state index in [2.05, 4.69) is 12.2 Å². The van der Waals surface area contributed by atoms with Gasteiger partial charge in [-0.1, -0.05) is 13.0 Å². The van der Waals surface area contributed by atoms with Gasteiger partial charge in [-0.2, -0.15) is 0 Å². The van der Waals surface area contributed by atoms with E-state index in [0.717, 1.165) is 56.8 Å². The largest absolute Gasteiger partial charge is 0.493 e. The molecular formula is C19H31ClN2O3. The average Bonchev–Trinajstić information content (AvgIpc) is 2.64. The Morgan fingerprint density at radius 2 is 1.88 bits per heavy atom. The first-order valence-corrected chi connectivity index (χ1v) is 8.87. The number of nitrogens with one attached hydrogen (secondary N) is 1. The van der Waals surface area contributed by atoms with E-state index < -0.39 is 0 Å². The van der Waals surface area contributed by atoms with Gasteiger partial charge in [-0.15, -0.1) is 12.4 Å². The normalized spacial score (nSPS) is 14.8. The molecule has 142 valence electrons. The summed E-state index contributed by atoms with van der Waals surface area (Å²) in [6.45, 7) is 6.00. The summed E-state index contributed by atoms with van der Waals surface area (Å²) in [5, 5.41) is 3.40. The van der Waals surface area contributed by atoms with Crippen molar-refractivity contribution < 1.29 is 14.3 Å². The lowest BCUT2D eigenvalue weighted by atomic mass is 9.96. The zero-order valence-corrected chi connectivity index (χ0v) is 16.4. The van der Waals surface area contributed by atoms with Gasteiger partial charge >= 0.3 is 0 Å². The number of ether oxygens (including phenoxy) is 2. The predicted molar refractivity (Wildman–Crippen MR) is 103 cm³/mol. The number of benzene rings is 1. The van der Waals surface area contributed by atoms with Gasteiger partial charge in [-0.05, 0) is 56.0 Å². The molecule has 1 fully saturated rings. The number of aryl methyl sites for hydroxylation is 1. The van der Waals surface area contributed by atoms with Crippen LogP contribution in [-0.2, 0) is 11.2 Å². The van der Waals surface area contributed by atoms with Crippen LogP contribution in [-0.4, -0.2) is 51.2 Å². The molecule has 1 aromatic carbocycles. The number of amides is 1. The molecule has 1 heterocycles. The van der Waals surface area contributed by atoms with Crippen LogP contribution in [0, 0.1) is 5.92 Å². The third kappa shape index (κ3) is 6.40. The molecule has 0 atom stereocenters. The van der Waals surface area contributed by atoms with E-state index in [0.29, 0.717) is 18.1 Å². The Labute approximate surface area is 157 Å². The number of piperidine rings is 1. The van der Waals surface area contributed by atoms with Crippen molar-refractivity contribution in [1.29, 1.82) is 0 Å². The summed E-state index contributed by atoms with van der Waals surface area (Å²) in [6, 6.07) is 5.84. The zero-order valence-electron chi connectivity index (χ0n) is 15.5. The molecule has 0 radical (unpaired) electrons. The number of hydrogen-bond donors (Lipinski definition) is 1. The monoisotopic (exact) mass is 370 g/mol. The molecule has 0 spiro atoms. The lowest BCUT2D eigenvalue weighted by molar-refractivity contribution is -0.132. The maximum absolute atomic E-state index is 12.4. The summed E-state index contributed by atoms with van der Waals surface area (Å²) in [7, 11) is 3.25. The van der Waals surface area contributed by atoms with Crippen LogP contribution in [0.3, 0.4) is 0 Å². The molecule has 1 aromatic rings. The standard InChI is InChI=1S/C19H30N2O3.ClH/c1-4-20-14-16-9-11-21(12-10-16)19(22)8-6-15-5-7-17(23-2)18(13-15)24-3;/h5,7,13,16,20H,4,6,8-12,14H2,1-3H3;1H. The van der Waals surface area contributed by atoms with Crippen LogP contribution in [0.25, 0.3) is 0 Å². The van der Waals surface area contributed by atoms with Gasteiger partial charge in [0, 0.05) is 19.5 Å². The van der Waals surface area contributed by atoms with Crippen molar-refractivity contribution in [3.63, 3.8) is 0 Å². The third-order valence-electron chi connectivity index (χ3n) is 4.73. The van der Waals surface area contributed by atoms with Crippen molar-refractivity contribution in [1.82, 2.24) is 10.2 Å². The lowest BCUT2D eigenvalue weighted by Gasteiger charge is -2.32. The SMILES string of the molecule is CCNCC1CCN(C(=O)CCc2ccc(OC)c(OC)c2)CC1.Cl. The van der Waals surface area contributed by atoms with Crippen LogP contribution in [0.2, 0.25) is 0 Å². The highest BCUT2D eigenvalue weighted by Gasteiger charge is 2.22. The van der Waals surface area contributed by atoms with Crippen molar-refractivity contribution in [2.24, 2.45) is 5.92 Å². The van der Waals surface area contributed by atoms with Crippen LogP contribution in [0.4, 0.5) is 0 Å². The number of carbonyl (C=O) groups is 1. The van der Waals surface area contributed by atoms with E-state index in [-0.39, 0.29) is 18.3 Å². The van der Waals surface area contributed by atoms with Gasteiger partial charge in [0.05, 0.1) is 14.2 Å². The average molecular weight is 371 g/mol. The Morgan fingerprint density at radius 3 is 2.48 bits per heavy atom. The second kappa shape index (κ2) is 11.2. The van der Waals surface area contributed by atoms with Crippen LogP contribution in [0.5, 0.6) is 11.5 Å². The maximum atomic E-state index is 12.4. The molecule has 6 heteroatoms. The van der Waals surface area contributed by atoms with Crippen molar-refractivity contribution in [2.45, 2.75) is 32.6 Å². The Balaban J connectivity index is 0.00000312. The highest BCUT2D eigenvalue weighted by atomic mass is 35.5. The molecule has 5 nitrogen and oxygen atoms in total. The number of nitrogens with zero attached hydrogens (tertiary/aromatic N) is 1. The van der Waals surface area contributed by atoms with Gasteiger partial charge in [0.1, 0.15) is 0 Å². The molecule has 0 saturated carbocycles. The second-order valence-electron chi connectivity index (χ2n) is 6.32. The molecule has 1 N–H and O–H groups in total. The van der Waals surface area contributed by atoms with E-state index in [1.54, 1.807) is 14.2 Å². The highest BCUT2D eigenvalue weighted by molar-refractivity contribution is 5.85. The minimum Gasteiger partial charge on any atom is -0.493 e. The number of halogens is 1. The summed E-state index contributed by atoms with van der Waals surface area (Å²) < 4.78 is 10.6. The molecule has 2 rings (SSSR count). The minimum absolute atomic E-state index is 0. The fourth-order valence-corrected chi connectivity index (χ4v) is 3.18. The smallest absolute Gasteiger partial charge is 0.222 e. The topological polar surface area (TPSA) is 50.8 Å². The maximum Gasteiger partial charge on any atom is 0.222 e. The molecular weight excluding hydrogens is 340 g/mol. The van der Waals surface area contributed by atoms with E-state index in [1.807, 2.05) is 23.1 Å². The zero-order chi connectivity index (χ0) is 17.4. The molecule has 0 aromatic heterocycles. The Morgan fingerprint density at radius 1 is 1.20 bits per heavy atom. The van der Waals surface area contributed by atoms with Crippen LogP contribution >= 0.6 is 12.4 Å². The van der Waals surface area contributed by atoms with Crippen LogP contribution in [0.15, 0.2) is 18.2 Å². The van der Waals surface area contributed by atoms with Gasteiger partial charge in [-0.3, -0.25) is 4.79 Å². The summed E-state index contributed by atoms with van der Waals surface area (Å²) >= 11 is 0. The molecule has 1 aliphatic rings. The van der Waals surface area contributed by atoms with E-state index in [9.17, 15) is 4.79 Å². The number of methoxy groups -OCH3 is 2. The highest BCUT2D eigenvalue weighted by Crippen LogP contribution is 2.28. The van der Waals surface area contributed by atoms with Gasteiger partial charge < -0.3 is 19.7 Å². The van der Waals surface area contributed by atoms with E-state index in [1.165, 1.54) is 0 Å². The lowest BCUT2D eigenvalue weighted by Crippen LogP contribution is -2.40. The molecule has 0 unspecified atom stereocenters. The van der Waals surface area contributed by atoms with Gasteiger partial charge in [0.25, 0.3) is 0 Å². The summed E-state index contributed by atoms with van der Waals surface area (Å²) in [6.07, 6.45) is 3.49. The molecule has 1 saturated heterocycles. The van der Waals surface area contributed by atoms with Gasteiger partial charge in [-0.25, -0.2) is 0 Å². The van der Waals surface area contributed by atoms with Crippen molar-refractivity contribution in [3.05, 3.63) is 23.8 Å². The molecule has 1 amide bonds. The predicted octanol–water partition coefficient (Wildman–Crippen LogP) is 2.91. The first kappa shape index (κ1) is 21.6. The van der Waals surface area contributed by atoms with Gasteiger partial charge in [0.2, 0.25) is 5.91 Å².